The molecule has 4 N–H and O–H groups in total. The second kappa shape index (κ2) is 20.8. The molecule has 0 bridgehead atoms. The third-order valence-electron chi connectivity index (χ3n) is 9.81. The molecule has 2 aromatic carbocycles. The molecule has 6 amide bonds. The van der Waals surface area contributed by atoms with Crippen LogP contribution in [0.25, 0.3) is 11.1 Å². The lowest BCUT2D eigenvalue weighted by atomic mass is 9.97. The summed E-state index contributed by atoms with van der Waals surface area (Å²) < 4.78 is 5.45. The summed E-state index contributed by atoms with van der Waals surface area (Å²) in [5.74, 6) is -1.26. The van der Waals surface area contributed by atoms with Crippen LogP contribution < -0.4 is 28.4 Å². The van der Waals surface area contributed by atoms with E-state index in [1.54, 1.807) is 24.3 Å². The maximum Gasteiger partial charge on any atom is 0.302 e. The van der Waals surface area contributed by atoms with Crippen molar-refractivity contribution < 1.29 is 56.1 Å². The molecule has 3 atom stereocenters. The largest absolute Gasteiger partial charge is 1.00 e. The first-order valence-corrected chi connectivity index (χ1v) is 21.0. The Hall–Kier alpha value is -4.47. The molecule has 306 valence electrons. The number of allylic oxidation sites excluding steroid dienone is 1. The second-order valence-electron chi connectivity index (χ2n) is 14.4. The van der Waals surface area contributed by atoms with Gasteiger partial charge in [0.2, 0.25) is 35.4 Å². The summed E-state index contributed by atoms with van der Waals surface area (Å²) in [5, 5.41) is 10.7. The number of amides is 6. The lowest BCUT2D eigenvalue weighted by molar-refractivity contribution is -0.141. The Bertz CT molecular complexity index is 1940. The van der Waals surface area contributed by atoms with Crippen molar-refractivity contribution in [2.45, 2.75) is 88.6 Å². The number of hydrogen-bond donors (Lipinski definition) is 3. The van der Waals surface area contributed by atoms with E-state index in [0.29, 0.717) is 17.1 Å². The van der Waals surface area contributed by atoms with E-state index in [4.69, 9.17) is 10.1 Å². The van der Waals surface area contributed by atoms with Crippen LogP contribution in [0.4, 0.5) is 11.4 Å². The van der Waals surface area contributed by atoms with E-state index in [1.807, 2.05) is 26.0 Å². The summed E-state index contributed by atoms with van der Waals surface area (Å²) >= 11 is 2.91. The number of likely N-dealkylation sites (tertiary alicyclic amines) is 2. The molecule has 1 aliphatic carbocycles. The monoisotopic (exact) mass is 839 g/mol. The van der Waals surface area contributed by atoms with E-state index >= 15 is 0 Å². The Kier molecular flexibility index (Phi) is 16.5. The number of anilines is 2. The molecule has 0 saturated carbocycles. The number of fused-ring (bicyclic) bond motifs is 3. The highest BCUT2D eigenvalue weighted by molar-refractivity contribution is 8.00. The molecule has 2 aliphatic heterocycles. The third-order valence-corrected chi connectivity index (χ3v) is 12.4. The number of thioether (sulfide) groups is 2. The van der Waals surface area contributed by atoms with E-state index < -0.39 is 22.4 Å². The topological polar surface area (TPSA) is 185 Å². The van der Waals surface area contributed by atoms with Gasteiger partial charge in [0, 0.05) is 81.9 Å². The zero-order valence-electron chi connectivity index (χ0n) is 32.5. The average molecular weight is 840 g/mol. The molecule has 2 aromatic rings. The maximum absolute atomic E-state index is 13.3. The predicted molar refractivity (Wildman–Crippen MR) is 218 cm³/mol. The smallest absolute Gasteiger partial charge is 0.302 e. The van der Waals surface area contributed by atoms with E-state index in [1.165, 1.54) is 35.3 Å². The molecule has 0 radical (unpaired) electrons. The Morgan fingerprint density at radius 1 is 0.807 bits per heavy atom. The number of carbonyl (C=O) groups excluding carboxylic acids is 7. The molecule has 57 heavy (non-hydrogen) atoms. The van der Waals surface area contributed by atoms with Gasteiger partial charge in [-0.15, -0.1) is 30.1 Å². The Balaban J connectivity index is 0.00000720. The summed E-state index contributed by atoms with van der Waals surface area (Å²) in [6.45, 7) is 9.00. The first-order valence-electron chi connectivity index (χ1n) is 18.9. The van der Waals surface area contributed by atoms with Gasteiger partial charge in [-0.25, -0.2) is 0 Å². The number of imide groups is 2. The number of nitrogens with two attached hydrogens (primary N) is 1. The number of ether oxygens (including phenoxy) is 1. The van der Waals surface area contributed by atoms with Crippen molar-refractivity contribution in [3.05, 3.63) is 59.7 Å². The molecule has 0 spiro atoms. The molecular weight excluding hydrogens is 790 g/mol. The van der Waals surface area contributed by atoms with Crippen LogP contribution in [0, 0.1) is 0 Å². The molecule has 2 fully saturated rings. The number of carbonyl (C=O) groups is 7. The van der Waals surface area contributed by atoms with Gasteiger partial charge >= 0.3 is 5.97 Å². The highest BCUT2D eigenvalue weighted by atomic mass is 35.5. The summed E-state index contributed by atoms with van der Waals surface area (Å²) in [4.78, 5) is 91.7. The molecule has 5 rings (SSSR count). The van der Waals surface area contributed by atoms with Gasteiger partial charge in [0.25, 0.3) is 0 Å². The van der Waals surface area contributed by atoms with Crippen molar-refractivity contribution in [1.82, 2.24) is 9.80 Å². The zero-order chi connectivity index (χ0) is 40.5. The first-order chi connectivity index (χ1) is 26.7. The summed E-state index contributed by atoms with van der Waals surface area (Å²) in [7, 11) is 0. The molecule has 16 heteroatoms. The average Bonchev–Trinajstić information content (AvgIpc) is 3.71. The van der Waals surface area contributed by atoms with Crippen LogP contribution in [0.15, 0.2) is 48.6 Å². The molecular formula is C41H50ClN5O8S2. The number of nitrogens with one attached hydrogen (secondary N) is 2. The van der Waals surface area contributed by atoms with Crippen LogP contribution in [0.3, 0.4) is 0 Å². The molecule has 0 aromatic heterocycles. The minimum absolute atomic E-state index is 0. The summed E-state index contributed by atoms with van der Waals surface area (Å²) in [5.41, 5.74) is 5.99. The quantitative estimate of drug-likeness (QED) is 0.0574. The van der Waals surface area contributed by atoms with Gasteiger partial charge in [0.1, 0.15) is 12.3 Å². The lowest BCUT2D eigenvalue weighted by Crippen LogP contribution is -3.00. The van der Waals surface area contributed by atoms with Gasteiger partial charge in [0.05, 0.1) is 10.5 Å². The Morgan fingerprint density at radius 2 is 1.39 bits per heavy atom. The fraction of sp³-hybridized carbons (Fsp3) is 0.463. The van der Waals surface area contributed by atoms with Gasteiger partial charge in [0.15, 0.2) is 0 Å². The number of esters is 1. The number of halogens is 1. The van der Waals surface area contributed by atoms with Gasteiger partial charge in [-0.05, 0) is 72.6 Å². The van der Waals surface area contributed by atoms with Crippen LogP contribution in [0.5, 0.6) is 0 Å². The lowest BCUT2D eigenvalue weighted by Gasteiger charge is -2.16. The van der Waals surface area contributed by atoms with Crippen molar-refractivity contribution in [1.29, 1.82) is 0 Å². The highest BCUT2D eigenvalue weighted by Crippen LogP contribution is 2.49. The predicted octanol–water partition coefficient (Wildman–Crippen LogP) is 1.10. The fourth-order valence-electron chi connectivity index (χ4n) is 7.04. The molecule has 2 saturated heterocycles. The third kappa shape index (κ3) is 11.8. The summed E-state index contributed by atoms with van der Waals surface area (Å²) in [6, 6.07) is 10.8. The number of benzene rings is 2. The van der Waals surface area contributed by atoms with E-state index in [0.717, 1.165) is 69.9 Å². The van der Waals surface area contributed by atoms with Gasteiger partial charge in [-0.1, -0.05) is 23.8 Å². The van der Waals surface area contributed by atoms with Crippen molar-refractivity contribution in [3.8, 4) is 11.1 Å². The molecule has 13 nitrogen and oxygen atoms in total. The van der Waals surface area contributed by atoms with Gasteiger partial charge in [-0.2, -0.15) is 0 Å². The van der Waals surface area contributed by atoms with Gasteiger partial charge in [-0.3, -0.25) is 48.8 Å². The van der Waals surface area contributed by atoms with Crippen molar-refractivity contribution >= 4 is 82.0 Å². The Labute approximate surface area is 347 Å². The first kappa shape index (κ1) is 45.2. The zero-order valence-corrected chi connectivity index (χ0v) is 34.9. The molecule has 3 aliphatic rings. The molecule has 3 unspecified atom stereocenters. The standard InChI is InChI=1S/C41H49N5O8S2.ClH/c1-24(2)8-6-18-55-33-21-38(51)46(40(33)52)17-15-36(49)44-32-11-5-10-28-31(23-54-26(4)47)30-20-27(12-13-29(30)39(28)32)43-35(48)14-16-45-37(50)22-34(41(45)53)56-19-7-9-25(3)42;/h5,10-13,20,31,33-34,42H,1,6-9,14-19,21-23H2,2-4H3,(H,43,48)(H,44,49);1H. The van der Waals surface area contributed by atoms with Crippen LogP contribution in [0.1, 0.15) is 89.2 Å². The van der Waals surface area contributed by atoms with E-state index in [-0.39, 0.29) is 93.2 Å². The number of nitrogens with zero attached hydrogens (tertiary/aromatic N) is 2. The van der Waals surface area contributed by atoms with E-state index in [2.05, 4.69) is 17.2 Å². The highest BCUT2D eigenvalue weighted by Gasteiger charge is 2.40. The van der Waals surface area contributed by atoms with Crippen LogP contribution >= 0.6 is 23.5 Å². The minimum atomic E-state index is -0.455. The van der Waals surface area contributed by atoms with E-state index in [9.17, 15) is 33.6 Å². The summed E-state index contributed by atoms with van der Waals surface area (Å²) in [6.07, 6.45) is 3.40. The van der Waals surface area contributed by atoms with Crippen LogP contribution in [-0.4, -0.2) is 98.6 Å². The van der Waals surface area contributed by atoms with Crippen molar-refractivity contribution in [2.24, 2.45) is 0 Å². The fourth-order valence-corrected chi connectivity index (χ4v) is 9.30. The van der Waals surface area contributed by atoms with Crippen molar-refractivity contribution in [3.63, 3.8) is 0 Å². The van der Waals surface area contributed by atoms with Crippen molar-refractivity contribution in [2.75, 3.05) is 41.8 Å². The van der Waals surface area contributed by atoms with Crippen LogP contribution in [0.2, 0.25) is 0 Å². The Morgan fingerprint density at radius 3 is 1.95 bits per heavy atom. The second-order valence-corrected chi connectivity index (χ2v) is 17.0. The number of hydrogen-bond acceptors (Lipinski definition) is 10. The number of rotatable bonds is 20. The SMILES string of the molecule is C=C(C)CCCSC1CC(=O)N(CCC(=O)Nc2cccc3c2-c2ccc(NC(=O)CCN4C(=O)CC(SCCCC(C)=[NH2+])C4=O)cc2C3COC(C)=O)C1=O.[Cl-]. The minimum Gasteiger partial charge on any atom is -1.00 e. The maximum atomic E-state index is 13.3. The normalized spacial score (nSPS) is 18.3. The van der Waals surface area contributed by atoms with Crippen LogP contribution in [-0.2, 0) is 38.3 Å². The molecule has 2 heterocycles. The van der Waals surface area contributed by atoms with Gasteiger partial charge < -0.3 is 27.8 Å².